The Kier molecular flexibility index (Phi) is 5.13. The molecule has 2 aromatic carbocycles. The second-order valence-electron chi connectivity index (χ2n) is 5.97. The van der Waals surface area contributed by atoms with Crippen LogP contribution in [0.4, 0.5) is 5.69 Å². The molecule has 4 heteroatoms. The molecule has 1 heterocycles. The van der Waals surface area contributed by atoms with Gasteiger partial charge in [-0.15, -0.1) is 0 Å². The van der Waals surface area contributed by atoms with Crippen LogP contribution < -0.4 is 9.46 Å². The number of anilines is 1. The van der Waals surface area contributed by atoms with E-state index in [1.54, 1.807) is 19.1 Å². The van der Waals surface area contributed by atoms with Crippen molar-refractivity contribution in [1.82, 2.24) is 4.90 Å². The normalized spacial score (nSPS) is 14.4. The van der Waals surface area contributed by atoms with E-state index in [4.69, 9.17) is 4.74 Å². The number of ether oxygens (including phenoxy) is 1. The highest BCUT2D eigenvalue weighted by Gasteiger charge is 2.16. The number of likely N-dealkylation sites (N-methyl/N-ethyl adjacent to an activating group) is 1. The van der Waals surface area contributed by atoms with Crippen LogP contribution in [-0.4, -0.2) is 25.6 Å². The van der Waals surface area contributed by atoms with Crippen molar-refractivity contribution >= 4 is 17.6 Å². The van der Waals surface area contributed by atoms with Crippen LogP contribution in [0, 0.1) is 0 Å². The maximum Gasteiger partial charge on any atom is 0.134 e. The van der Waals surface area contributed by atoms with Gasteiger partial charge in [0.1, 0.15) is 5.75 Å². The summed E-state index contributed by atoms with van der Waals surface area (Å²) in [5.41, 5.74) is 5.41. The van der Waals surface area contributed by atoms with Gasteiger partial charge in [-0.1, -0.05) is 25.1 Å². The van der Waals surface area contributed by atoms with Gasteiger partial charge in [-0.25, -0.2) is 0 Å². The van der Waals surface area contributed by atoms with Gasteiger partial charge >= 0.3 is 0 Å². The molecule has 1 aliphatic heterocycles. The Morgan fingerprint density at radius 2 is 2.13 bits per heavy atom. The average Bonchev–Trinajstić information content (AvgIpc) is 2.59. The van der Waals surface area contributed by atoms with Gasteiger partial charge in [0, 0.05) is 18.8 Å². The summed E-state index contributed by atoms with van der Waals surface area (Å²) in [5, 5.41) is 0. The molecule has 0 spiro atoms. The molecule has 0 unspecified atom stereocenters. The van der Waals surface area contributed by atoms with Gasteiger partial charge in [-0.2, -0.15) is 0 Å². The third-order valence-corrected chi connectivity index (χ3v) is 5.23. The monoisotopic (exact) mass is 328 g/mol. The molecule has 23 heavy (non-hydrogen) atoms. The zero-order valence-electron chi connectivity index (χ0n) is 14.1. The van der Waals surface area contributed by atoms with E-state index in [9.17, 15) is 0 Å². The Balaban J connectivity index is 1.81. The molecule has 0 atom stereocenters. The Morgan fingerprint density at radius 1 is 1.26 bits per heavy atom. The first kappa shape index (κ1) is 16.2. The van der Waals surface area contributed by atoms with Gasteiger partial charge in [0.2, 0.25) is 0 Å². The molecule has 0 fully saturated rings. The number of rotatable bonds is 5. The first-order valence-corrected chi connectivity index (χ1v) is 8.92. The zero-order chi connectivity index (χ0) is 16.2. The molecule has 3 nitrogen and oxygen atoms in total. The fourth-order valence-electron chi connectivity index (χ4n) is 2.94. The molecule has 0 saturated heterocycles. The minimum atomic E-state index is 0.918. The van der Waals surface area contributed by atoms with Crippen LogP contribution in [0.25, 0.3) is 0 Å². The predicted octanol–water partition coefficient (Wildman–Crippen LogP) is 4.36. The van der Waals surface area contributed by atoms with E-state index >= 15 is 0 Å². The summed E-state index contributed by atoms with van der Waals surface area (Å²) >= 11 is 1.63. The van der Waals surface area contributed by atoms with E-state index in [2.05, 4.69) is 60.0 Å². The van der Waals surface area contributed by atoms with Crippen LogP contribution in [0.1, 0.15) is 23.6 Å². The van der Waals surface area contributed by atoms with Crippen LogP contribution in [0.2, 0.25) is 0 Å². The SMILES string of the molecule is CCc1ccc(OC)c(SNc2cccc3c2CN(C)CC3)c1. The molecule has 0 bridgehead atoms. The first-order valence-electron chi connectivity index (χ1n) is 8.10. The number of nitrogens with one attached hydrogen (secondary N) is 1. The highest BCUT2D eigenvalue weighted by atomic mass is 32.2. The molecule has 0 saturated carbocycles. The van der Waals surface area contributed by atoms with Crippen molar-refractivity contribution in [2.24, 2.45) is 0 Å². The van der Waals surface area contributed by atoms with Crippen molar-refractivity contribution in [3.63, 3.8) is 0 Å². The molecular weight excluding hydrogens is 304 g/mol. The standard InChI is InChI=1S/C19H24N2OS/c1-4-14-8-9-18(22-3)19(12-14)23-20-17-7-5-6-15-10-11-21(2)13-16(15)17/h5-9,12,20H,4,10-11,13H2,1-3H3. The molecule has 0 radical (unpaired) electrons. The van der Waals surface area contributed by atoms with Gasteiger partial charge in [0.05, 0.1) is 12.0 Å². The highest BCUT2D eigenvalue weighted by Crippen LogP contribution is 2.34. The number of benzene rings is 2. The maximum absolute atomic E-state index is 5.49. The van der Waals surface area contributed by atoms with Gasteiger partial charge < -0.3 is 14.4 Å². The minimum Gasteiger partial charge on any atom is -0.496 e. The van der Waals surface area contributed by atoms with E-state index in [0.29, 0.717) is 0 Å². The molecule has 0 aliphatic carbocycles. The number of hydrogen-bond donors (Lipinski definition) is 1. The highest BCUT2D eigenvalue weighted by molar-refractivity contribution is 8.00. The predicted molar refractivity (Wildman–Crippen MR) is 98.3 cm³/mol. The van der Waals surface area contributed by atoms with Crippen molar-refractivity contribution in [2.75, 3.05) is 25.4 Å². The number of fused-ring (bicyclic) bond motifs is 1. The number of hydrogen-bond acceptors (Lipinski definition) is 4. The maximum atomic E-state index is 5.49. The molecule has 2 aromatic rings. The number of methoxy groups -OCH3 is 1. The fraction of sp³-hybridized carbons (Fsp3) is 0.368. The summed E-state index contributed by atoms with van der Waals surface area (Å²) in [6.07, 6.45) is 2.16. The lowest BCUT2D eigenvalue weighted by Crippen LogP contribution is -2.27. The van der Waals surface area contributed by atoms with Crippen molar-refractivity contribution in [3.8, 4) is 5.75 Å². The Labute approximate surface area is 143 Å². The lowest BCUT2D eigenvalue weighted by molar-refractivity contribution is 0.313. The fourth-order valence-corrected chi connectivity index (χ4v) is 3.82. The molecular formula is C19H24N2OS. The number of aryl methyl sites for hydroxylation is 1. The van der Waals surface area contributed by atoms with Gasteiger partial charge in [-0.05, 0) is 66.7 Å². The summed E-state index contributed by atoms with van der Waals surface area (Å²) in [6.45, 7) is 4.31. The van der Waals surface area contributed by atoms with E-state index in [0.717, 1.165) is 36.6 Å². The van der Waals surface area contributed by atoms with E-state index in [-0.39, 0.29) is 0 Å². The quantitative estimate of drug-likeness (QED) is 0.824. The molecule has 122 valence electrons. The van der Waals surface area contributed by atoms with Gasteiger partial charge in [-0.3, -0.25) is 0 Å². The Hall–Kier alpha value is -1.65. The number of nitrogens with zero attached hydrogens (tertiary/aromatic N) is 1. The van der Waals surface area contributed by atoms with Crippen molar-refractivity contribution in [2.45, 2.75) is 31.2 Å². The summed E-state index contributed by atoms with van der Waals surface area (Å²) in [5.74, 6) is 0.918. The topological polar surface area (TPSA) is 24.5 Å². The lowest BCUT2D eigenvalue weighted by Gasteiger charge is -2.27. The van der Waals surface area contributed by atoms with E-state index in [1.807, 2.05) is 0 Å². The second kappa shape index (κ2) is 7.28. The smallest absolute Gasteiger partial charge is 0.134 e. The van der Waals surface area contributed by atoms with Crippen molar-refractivity contribution in [1.29, 1.82) is 0 Å². The third kappa shape index (κ3) is 3.65. The van der Waals surface area contributed by atoms with Crippen molar-refractivity contribution in [3.05, 3.63) is 53.1 Å². The summed E-state index contributed by atoms with van der Waals surface area (Å²) in [4.78, 5) is 3.50. The molecule has 1 aliphatic rings. The van der Waals surface area contributed by atoms with Crippen LogP contribution in [-0.2, 0) is 19.4 Å². The van der Waals surface area contributed by atoms with Crippen molar-refractivity contribution < 1.29 is 4.74 Å². The molecule has 3 rings (SSSR count). The van der Waals surface area contributed by atoms with E-state index in [1.165, 1.54) is 22.4 Å². The minimum absolute atomic E-state index is 0.918. The third-order valence-electron chi connectivity index (χ3n) is 4.37. The second-order valence-corrected chi connectivity index (χ2v) is 6.82. The summed E-state index contributed by atoms with van der Waals surface area (Å²) < 4.78 is 9.04. The lowest BCUT2D eigenvalue weighted by atomic mass is 9.99. The average molecular weight is 328 g/mol. The van der Waals surface area contributed by atoms with Gasteiger partial charge in [0.25, 0.3) is 0 Å². The van der Waals surface area contributed by atoms with Gasteiger partial charge in [0.15, 0.2) is 0 Å². The Bertz CT molecular complexity index is 687. The molecule has 1 N–H and O–H groups in total. The zero-order valence-corrected chi connectivity index (χ0v) is 14.9. The van der Waals surface area contributed by atoms with E-state index < -0.39 is 0 Å². The van der Waals surface area contributed by atoms with Crippen LogP contribution in [0.5, 0.6) is 5.75 Å². The van der Waals surface area contributed by atoms with Crippen LogP contribution in [0.3, 0.4) is 0 Å². The summed E-state index contributed by atoms with van der Waals surface area (Å²) in [7, 11) is 3.91. The molecule has 0 amide bonds. The largest absolute Gasteiger partial charge is 0.496 e. The molecule has 0 aromatic heterocycles. The Morgan fingerprint density at radius 3 is 2.91 bits per heavy atom. The first-order chi connectivity index (χ1) is 11.2. The van der Waals surface area contributed by atoms with Crippen LogP contribution in [0.15, 0.2) is 41.3 Å². The van der Waals surface area contributed by atoms with Crippen LogP contribution >= 0.6 is 11.9 Å². The summed E-state index contributed by atoms with van der Waals surface area (Å²) in [6, 6.07) is 12.9.